The van der Waals surface area contributed by atoms with Crippen LogP contribution in [0.25, 0.3) is 11.0 Å². The molecule has 0 saturated carbocycles. The largest absolute Gasteiger partial charge is 0.382 e. The topological polar surface area (TPSA) is 120 Å². The van der Waals surface area contributed by atoms with Gasteiger partial charge in [-0.3, -0.25) is 9.59 Å². The SMILES string of the molecule is Cn1cc(N)nc1C(=O)Nc1ccc2nc(C(=O)NCC(C)(C)S(C)=S)n(C)c2c1. The van der Waals surface area contributed by atoms with Crippen molar-refractivity contribution < 1.29 is 9.59 Å². The molecule has 4 N–H and O–H groups in total. The fraction of sp³-hybridized carbons (Fsp3) is 0.368. The number of aryl methyl sites for hydroxylation is 2. The number of nitrogens with two attached hydrogens (primary N) is 1. The predicted molar refractivity (Wildman–Crippen MR) is 123 cm³/mol. The molecule has 0 aliphatic carbocycles. The summed E-state index contributed by atoms with van der Waals surface area (Å²) in [5.74, 6) is 0.124. The molecule has 11 heteroatoms. The maximum atomic E-state index is 12.7. The molecule has 1 aromatic carbocycles. The van der Waals surface area contributed by atoms with E-state index in [2.05, 4.69) is 20.6 Å². The standard InChI is InChI=1S/C19H25N7O2S2/c1-19(2,30(5)29)10-21-17(27)16-23-12-7-6-11(8-13(12)26(16)4)22-18(28)15-24-14(20)9-25(15)3/h6-9H,10,20H2,1-5H3,(H,21,27)(H,22,28). The summed E-state index contributed by atoms with van der Waals surface area (Å²) in [5.41, 5.74) is 7.57. The van der Waals surface area contributed by atoms with Crippen molar-refractivity contribution in [3.8, 4) is 0 Å². The van der Waals surface area contributed by atoms with Crippen molar-refractivity contribution in [1.29, 1.82) is 0 Å². The van der Waals surface area contributed by atoms with Crippen LogP contribution in [0.4, 0.5) is 11.5 Å². The lowest BCUT2D eigenvalue weighted by atomic mass is 10.2. The second-order valence-electron chi connectivity index (χ2n) is 7.65. The smallest absolute Gasteiger partial charge is 0.291 e. The fourth-order valence-electron chi connectivity index (χ4n) is 2.83. The van der Waals surface area contributed by atoms with E-state index in [1.807, 2.05) is 20.1 Å². The summed E-state index contributed by atoms with van der Waals surface area (Å²) in [6.45, 7) is 4.53. The number of hydrogen-bond acceptors (Lipinski definition) is 6. The Morgan fingerprint density at radius 2 is 1.90 bits per heavy atom. The maximum Gasteiger partial charge on any atom is 0.291 e. The molecule has 1 unspecified atom stereocenters. The fourth-order valence-corrected chi connectivity index (χ4v) is 3.28. The summed E-state index contributed by atoms with van der Waals surface area (Å²) in [6.07, 6.45) is 3.55. The number of fused-ring (bicyclic) bond motifs is 1. The number of amides is 2. The van der Waals surface area contributed by atoms with Crippen molar-refractivity contribution in [2.24, 2.45) is 14.1 Å². The van der Waals surface area contributed by atoms with Crippen molar-refractivity contribution >= 4 is 55.0 Å². The molecule has 0 fully saturated rings. The van der Waals surface area contributed by atoms with Crippen LogP contribution in [0.3, 0.4) is 0 Å². The van der Waals surface area contributed by atoms with Crippen molar-refractivity contribution in [2.45, 2.75) is 18.6 Å². The van der Waals surface area contributed by atoms with Gasteiger partial charge in [-0.15, -0.1) is 9.45 Å². The number of carbonyl (C=O) groups is 2. The highest BCUT2D eigenvalue weighted by molar-refractivity contribution is 8.29. The van der Waals surface area contributed by atoms with E-state index in [4.69, 9.17) is 16.9 Å². The van der Waals surface area contributed by atoms with Crippen molar-refractivity contribution in [3.63, 3.8) is 0 Å². The minimum absolute atomic E-state index is 0.179. The molecule has 3 rings (SSSR count). The molecule has 160 valence electrons. The molecule has 0 bridgehead atoms. The summed E-state index contributed by atoms with van der Waals surface area (Å²) >= 11 is 5.36. The average molecular weight is 448 g/mol. The van der Waals surface area contributed by atoms with Gasteiger partial charge in [0, 0.05) is 37.3 Å². The number of hydrogen-bond donors (Lipinski definition) is 3. The number of nitrogens with one attached hydrogen (secondary N) is 2. The van der Waals surface area contributed by atoms with Crippen LogP contribution < -0.4 is 16.4 Å². The van der Waals surface area contributed by atoms with E-state index in [0.29, 0.717) is 23.6 Å². The lowest BCUT2D eigenvalue weighted by molar-refractivity contribution is 0.0937. The Hall–Kier alpha value is -2.79. The minimum Gasteiger partial charge on any atom is -0.382 e. The Kier molecular flexibility index (Phi) is 5.95. The minimum atomic E-state index is -0.380. The Bertz CT molecular complexity index is 1160. The lowest BCUT2D eigenvalue weighted by Crippen LogP contribution is -2.41. The number of benzene rings is 1. The van der Waals surface area contributed by atoms with Crippen LogP contribution in [0.5, 0.6) is 0 Å². The molecular formula is C19H25N7O2S2. The molecule has 1 atom stereocenters. The van der Waals surface area contributed by atoms with Crippen molar-refractivity contribution in [3.05, 3.63) is 36.0 Å². The van der Waals surface area contributed by atoms with E-state index in [0.717, 1.165) is 5.52 Å². The first-order valence-electron chi connectivity index (χ1n) is 9.18. The summed E-state index contributed by atoms with van der Waals surface area (Å²) in [6, 6.07) is 5.25. The van der Waals surface area contributed by atoms with Crippen LogP contribution in [0.1, 0.15) is 35.1 Å². The first-order valence-corrected chi connectivity index (χ1v) is 11.7. The second kappa shape index (κ2) is 8.15. The zero-order chi connectivity index (χ0) is 22.2. The molecular weight excluding hydrogens is 422 g/mol. The second-order valence-corrected chi connectivity index (χ2v) is 11.2. The summed E-state index contributed by atoms with van der Waals surface area (Å²) in [4.78, 5) is 33.6. The molecule has 30 heavy (non-hydrogen) atoms. The Morgan fingerprint density at radius 1 is 1.20 bits per heavy atom. The Labute approximate surface area is 181 Å². The van der Waals surface area contributed by atoms with Gasteiger partial charge in [-0.2, -0.15) is 0 Å². The van der Waals surface area contributed by atoms with Crippen LogP contribution in [-0.2, 0) is 34.7 Å². The third-order valence-corrected chi connectivity index (χ3v) is 7.95. The first-order chi connectivity index (χ1) is 14.0. The highest BCUT2D eigenvalue weighted by atomic mass is 32.8. The van der Waals surface area contributed by atoms with Crippen molar-refractivity contribution in [1.82, 2.24) is 24.4 Å². The normalized spacial score (nSPS) is 12.7. The molecule has 9 nitrogen and oxygen atoms in total. The van der Waals surface area contributed by atoms with Gasteiger partial charge in [0.1, 0.15) is 5.82 Å². The molecule has 2 heterocycles. The van der Waals surface area contributed by atoms with Crippen molar-refractivity contribution in [2.75, 3.05) is 23.9 Å². The maximum absolute atomic E-state index is 12.7. The van der Waals surface area contributed by atoms with Crippen LogP contribution in [-0.4, -0.2) is 48.5 Å². The summed E-state index contributed by atoms with van der Waals surface area (Å²) in [7, 11) is 3.20. The van der Waals surface area contributed by atoms with Gasteiger partial charge in [0.25, 0.3) is 11.8 Å². The number of rotatable bonds is 6. The van der Waals surface area contributed by atoms with E-state index in [1.165, 1.54) is 0 Å². The zero-order valence-electron chi connectivity index (χ0n) is 17.5. The van der Waals surface area contributed by atoms with Crippen LogP contribution in [0.2, 0.25) is 0 Å². The van der Waals surface area contributed by atoms with Crippen LogP contribution in [0.15, 0.2) is 24.4 Å². The molecule has 0 spiro atoms. The van der Waals surface area contributed by atoms with Gasteiger partial charge in [-0.25, -0.2) is 9.97 Å². The highest BCUT2D eigenvalue weighted by Crippen LogP contribution is 2.21. The Balaban J connectivity index is 1.81. The third kappa shape index (κ3) is 4.36. The lowest BCUT2D eigenvalue weighted by Gasteiger charge is -2.24. The summed E-state index contributed by atoms with van der Waals surface area (Å²) in [5, 5.41) is 5.72. The monoisotopic (exact) mass is 447 g/mol. The number of imidazole rings is 2. The average Bonchev–Trinajstić information content (AvgIpc) is 3.18. The molecule has 2 amide bonds. The number of nitrogens with zero attached hydrogens (tertiary/aromatic N) is 4. The molecule has 0 radical (unpaired) electrons. The number of carbonyl (C=O) groups excluding carboxylic acids is 2. The van der Waals surface area contributed by atoms with Gasteiger partial charge < -0.3 is 25.5 Å². The Morgan fingerprint density at radius 3 is 2.50 bits per heavy atom. The van der Waals surface area contributed by atoms with E-state index < -0.39 is 0 Å². The molecule has 0 aliphatic rings. The van der Waals surface area contributed by atoms with E-state index in [1.54, 1.807) is 47.6 Å². The van der Waals surface area contributed by atoms with Gasteiger partial charge in [-0.1, -0.05) is 11.2 Å². The summed E-state index contributed by atoms with van der Waals surface area (Å²) < 4.78 is 3.08. The molecule has 0 saturated heterocycles. The highest BCUT2D eigenvalue weighted by Gasteiger charge is 2.23. The molecule has 0 aliphatic heterocycles. The van der Waals surface area contributed by atoms with E-state index >= 15 is 0 Å². The first kappa shape index (κ1) is 21.9. The van der Waals surface area contributed by atoms with E-state index in [-0.39, 0.29) is 37.7 Å². The molecule has 2 aromatic heterocycles. The number of nitrogen functional groups attached to an aromatic ring is 1. The van der Waals surface area contributed by atoms with Gasteiger partial charge in [-0.05, 0) is 38.3 Å². The van der Waals surface area contributed by atoms with Gasteiger partial charge in [0.15, 0.2) is 5.82 Å². The van der Waals surface area contributed by atoms with Gasteiger partial charge in [0.2, 0.25) is 5.82 Å². The quantitative estimate of drug-likeness (QED) is 0.525. The number of aromatic nitrogens is 4. The van der Waals surface area contributed by atoms with E-state index in [9.17, 15) is 9.59 Å². The molecule has 3 aromatic rings. The van der Waals surface area contributed by atoms with Gasteiger partial charge >= 0.3 is 0 Å². The van der Waals surface area contributed by atoms with Gasteiger partial charge in [0.05, 0.1) is 11.0 Å². The zero-order valence-corrected chi connectivity index (χ0v) is 19.1. The van der Waals surface area contributed by atoms with Crippen LogP contribution in [0, 0.1) is 0 Å². The number of anilines is 2. The third-order valence-electron chi connectivity index (χ3n) is 4.89. The predicted octanol–water partition coefficient (Wildman–Crippen LogP) is 1.36. The van der Waals surface area contributed by atoms with Crippen LogP contribution >= 0.6 is 0 Å².